The summed E-state index contributed by atoms with van der Waals surface area (Å²) in [6.07, 6.45) is 0.691. The van der Waals surface area contributed by atoms with Crippen LogP contribution in [0, 0.1) is 11.3 Å². The van der Waals surface area contributed by atoms with E-state index in [1.807, 2.05) is 12.1 Å². The third-order valence-electron chi connectivity index (χ3n) is 3.88. The summed E-state index contributed by atoms with van der Waals surface area (Å²) in [7, 11) is 0. The Balaban J connectivity index is 1.79. The summed E-state index contributed by atoms with van der Waals surface area (Å²) >= 11 is 0. The highest BCUT2D eigenvalue weighted by Gasteiger charge is 2.45. The van der Waals surface area contributed by atoms with Crippen LogP contribution in [0.25, 0.3) is 0 Å². The average molecular weight is 262 g/mol. The van der Waals surface area contributed by atoms with E-state index in [4.69, 9.17) is 0 Å². The van der Waals surface area contributed by atoms with E-state index in [-0.39, 0.29) is 6.03 Å². The summed E-state index contributed by atoms with van der Waals surface area (Å²) in [6, 6.07) is 7.03. The Labute approximate surface area is 114 Å². The van der Waals surface area contributed by atoms with Gasteiger partial charge in [-0.1, -0.05) is 26.0 Å². The van der Waals surface area contributed by atoms with E-state index in [1.165, 1.54) is 6.42 Å². The topological polar surface area (TPSA) is 61.4 Å². The standard InChI is InChI=1S/C15H22N2O2/c1-10(18)11-4-6-13(7-5-11)17-14(19)16-9-12-8-15(12,2)3/h4-7,10,12,18H,8-9H2,1-3H3,(H2,16,17,19). The molecule has 0 spiro atoms. The number of aliphatic hydroxyl groups excluding tert-OH is 1. The van der Waals surface area contributed by atoms with Crippen LogP contribution in [-0.2, 0) is 0 Å². The first kappa shape index (κ1) is 13.9. The van der Waals surface area contributed by atoms with Crippen molar-refractivity contribution in [3.63, 3.8) is 0 Å². The Hall–Kier alpha value is -1.55. The third-order valence-corrected chi connectivity index (χ3v) is 3.88. The van der Waals surface area contributed by atoms with Crippen molar-refractivity contribution in [2.24, 2.45) is 11.3 Å². The van der Waals surface area contributed by atoms with Gasteiger partial charge in [-0.05, 0) is 42.4 Å². The molecule has 3 N–H and O–H groups in total. The fourth-order valence-corrected chi connectivity index (χ4v) is 2.16. The van der Waals surface area contributed by atoms with Crippen molar-refractivity contribution < 1.29 is 9.90 Å². The number of benzene rings is 1. The molecule has 0 heterocycles. The summed E-state index contributed by atoms with van der Waals surface area (Å²) in [6.45, 7) is 6.87. The van der Waals surface area contributed by atoms with Crippen LogP contribution in [0.1, 0.15) is 38.9 Å². The average Bonchev–Trinajstić information content (AvgIpc) is 2.95. The number of nitrogens with one attached hydrogen (secondary N) is 2. The maximum absolute atomic E-state index is 11.7. The Bertz CT molecular complexity index is 452. The van der Waals surface area contributed by atoms with Crippen molar-refractivity contribution in [2.45, 2.75) is 33.3 Å². The molecule has 104 valence electrons. The molecular weight excluding hydrogens is 240 g/mol. The number of urea groups is 1. The van der Waals surface area contributed by atoms with Gasteiger partial charge in [0.15, 0.2) is 0 Å². The Morgan fingerprint density at radius 1 is 1.42 bits per heavy atom. The number of amides is 2. The van der Waals surface area contributed by atoms with E-state index < -0.39 is 6.10 Å². The molecule has 1 aromatic carbocycles. The van der Waals surface area contributed by atoms with E-state index >= 15 is 0 Å². The lowest BCUT2D eigenvalue weighted by molar-refractivity contribution is 0.199. The summed E-state index contributed by atoms with van der Waals surface area (Å²) in [5.74, 6) is 0.593. The lowest BCUT2D eigenvalue weighted by Crippen LogP contribution is -2.31. The third kappa shape index (κ3) is 3.70. The highest BCUT2D eigenvalue weighted by molar-refractivity contribution is 5.89. The zero-order chi connectivity index (χ0) is 14.0. The van der Waals surface area contributed by atoms with E-state index in [2.05, 4.69) is 24.5 Å². The highest BCUT2D eigenvalue weighted by atomic mass is 16.3. The van der Waals surface area contributed by atoms with Gasteiger partial charge in [0, 0.05) is 12.2 Å². The minimum absolute atomic E-state index is 0.174. The molecule has 0 aromatic heterocycles. The summed E-state index contributed by atoms with van der Waals surface area (Å²) < 4.78 is 0. The minimum Gasteiger partial charge on any atom is -0.389 e. The molecule has 0 bridgehead atoms. The van der Waals surface area contributed by atoms with Crippen LogP contribution in [-0.4, -0.2) is 17.7 Å². The zero-order valence-electron chi connectivity index (χ0n) is 11.7. The first-order valence-electron chi connectivity index (χ1n) is 6.71. The van der Waals surface area contributed by atoms with Gasteiger partial charge in [-0.25, -0.2) is 4.79 Å². The van der Waals surface area contributed by atoms with E-state index in [1.54, 1.807) is 19.1 Å². The number of rotatable bonds is 4. The van der Waals surface area contributed by atoms with Crippen LogP contribution in [0.15, 0.2) is 24.3 Å². The lowest BCUT2D eigenvalue weighted by atomic mass is 10.1. The molecule has 2 amide bonds. The van der Waals surface area contributed by atoms with Crippen LogP contribution in [0.3, 0.4) is 0 Å². The predicted octanol–water partition coefficient (Wildman–Crippen LogP) is 2.91. The second-order valence-corrected chi connectivity index (χ2v) is 6.02. The molecular formula is C15H22N2O2. The summed E-state index contributed by atoms with van der Waals surface area (Å²) in [4.78, 5) is 11.7. The smallest absolute Gasteiger partial charge is 0.319 e. The second kappa shape index (κ2) is 5.21. The van der Waals surface area contributed by atoms with Crippen molar-refractivity contribution in [1.82, 2.24) is 5.32 Å². The number of hydrogen-bond donors (Lipinski definition) is 3. The number of anilines is 1. The van der Waals surface area contributed by atoms with Gasteiger partial charge in [-0.2, -0.15) is 0 Å². The van der Waals surface area contributed by atoms with E-state index in [0.717, 1.165) is 17.8 Å². The molecule has 1 aromatic rings. The molecule has 4 heteroatoms. The van der Waals surface area contributed by atoms with Gasteiger partial charge < -0.3 is 15.7 Å². The number of carbonyl (C=O) groups is 1. The normalized spacial score (nSPS) is 21.6. The minimum atomic E-state index is -0.486. The van der Waals surface area contributed by atoms with Gasteiger partial charge in [0.1, 0.15) is 0 Å². The molecule has 0 aliphatic heterocycles. The number of carbonyl (C=O) groups excluding carboxylic acids is 1. The quantitative estimate of drug-likeness (QED) is 0.781. The molecule has 1 saturated carbocycles. The molecule has 0 saturated heterocycles. The maximum atomic E-state index is 11.7. The van der Waals surface area contributed by atoms with E-state index in [9.17, 15) is 9.90 Å². The molecule has 1 aliphatic carbocycles. The summed E-state index contributed by atoms with van der Waals surface area (Å²) in [5, 5.41) is 15.1. The van der Waals surface area contributed by atoms with E-state index in [0.29, 0.717) is 11.3 Å². The SMILES string of the molecule is CC(O)c1ccc(NC(=O)NCC2CC2(C)C)cc1. The molecule has 1 aliphatic rings. The molecule has 2 unspecified atom stereocenters. The number of hydrogen-bond acceptors (Lipinski definition) is 2. The van der Waals surface area contributed by atoms with Crippen molar-refractivity contribution in [2.75, 3.05) is 11.9 Å². The first-order chi connectivity index (χ1) is 8.88. The lowest BCUT2D eigenvalue weighted by Gasteiger charge is -2.10. The van der Waals surface area contributed by atoms with Gasteiger partial charge in [-0.3, -0.25) is 0 Å². The molecule has 4 nitrogen and oxygen atoms in total. The zero-order valence-corrected chi connectivity index (χ0v) is 11.7. The Morgan fingerprint density at radius 2 is 2.00 bits per heavy atom. The van der Waals surface area contributed by atoms with Gasteiger partial charge in [-0.15, -0.1) is 0 Å². The van der Waals surface area contributed by atoms with Crippen LogP contribution in [0.5, 0.6) is 0 Å². The predicted molar refractivity (Wildman–Crippen MR) is 76.0 cm³/mol. The Kier molecular flexibility index (Phi) is 3.80. The van der Waals surface area contributed by atoms with Crippen molar-refractivity contribution >= 4 is 11.7 Å². The fraction of sp³-hybridized carbons (Fsp3) is 0.533. The van der Waals surface area contributed by atoms with Crippen molar-refractivity contribution in [3.05, 3.63) is 29.8 Å². The van der Waals surface area contributed by atoms with Gasteiger partial charge in [0.2, 0.25) is 0 Å². The van der Waals surface area contributed by atoms with Gasteiger partial charge in [0.25, 0.3) is 0 Å². The molecule has 1 fully saturated rings. The summed E-state index contributed by atoms with van der Waals surface area (Å²) in [5.41, 5.74) is 1.95. The number of aliphatic hydroxyl groups is 1. The monoisotopic (exact) mass is 262 g/mol. The van der Waals surface area contributed by atoms with Crippen LogP contribution in [0.4, 0.5) is 10.5 Å². The molecule has 2 rings (SSSR count). The molecule has 19 heavy (non-hydrogen) atoms. The largest absolute Gasteiger partial charge is 0.389 e. The van der Waals surface area contributed by atoms with Gasteiger partial charge in [0.05, 0.1) is 6.10 Å². The first-order valence-corrected chi connectivity index (χ1v) is 6.71. The second-order valence-electron chi connectivity index (χ2n) is 6.02. The van der Waals surface area contributed by atoms with Crippen LogP contribution < -0.4 is 10.6 Å². The highest BCUT2D eigenvalue weighted by Crippen LogP contribution is 2.50. The molecule has 2 atom stereocenters. The molecule has 0 radical (unpaired) electrons. The van der Waals surface area contributed by atoms with Crippen molar-refractivity contribution in [1.29, 1.82) is 0 Å². The Morgan fingerprint density at radius 3 is 2.47 bits per heavy atom. The maximum Gasteiger partial charge on any atom is 0.319 e. The fourth-order valence-electron chi connectivity index (χ4n) is 2.16. The van der Waals surface area contributed by atoms with Gasteiger partial charge >= 0.3 is 6.03 Å². The van der Waals surface area contributed by atoms with Crippen LogP contribution in [0.2, 0.25) is 0 Å². The van der Waals surface area contributed by atoms with Crippen molar-refractivity contribution in [3.8, 4) is 0 Å². The van der Waals surface area contributed by atoms with Crippen LogP contribution >= 0.6 is 0 Å².